The van der Waals surface area contributed by atoms with Gasteiger partial charge in [-0.15, -0.1) is 0 Å². The van der Waals surface area contributed by atoms with Gasteiger partial charge in [0.2, 0.25) is 5.91 Å². The number of halogens is 1. The van der Waals surface area contributed by atoms with Gasteiger partial charge in [0.25, 0.3) is 0 Å². The maximum Gasteiger partial charge on any atom is 0.234 e. The minimum absolute atomic E-state index is 0.0197. The van der Waals surface area contributed by atoms with Gasteiger partial charge in [0.1, 0.15) is 0 Å². The van der Waals surface area contributed by atoms with Crippen molar-refractivity contribution in [3.8, 4) is 0 Å². The molecule has 0 saturated carbocycles. The number of likely N-dealkylation sites (N-methyl/N-ethyl adjacent to an activating group) is 1. The molecule has 0 fully saturated rings. The van der Waals surface area contributed by atoms with Crippen molar-refractivity contribution in [2.45, 2.75) is 6.54 Å². The van der Waals surface area contributed by atoms with Crippen molar-refractivity contribution in [1.29, 1.82) is 0 Å². The summed E-state index contributed by atoms with van der Waals surface area (Å²) in [4.78, 5) is 13.6. The summed E-state index contributed by atoms with van der Waals surface area (Å²) in [5, 5.41) is 6.59. The number of benzene rings is 1. The lowest BCUT2D eigenvalue weighted by atomic mass is 10.2. The molecule has 0 spiro atoms. The SMILES string of the molecule is CN(C)CCNCC(=O)NCc1ccccc1Cl. The van der Waals surface area contributed by atoms with Crippen molar-refractivity contribution in [1.82, 2.24) is 15.5 Å². The van der Waals surface area contributed by atoms with Crippen LogP contribution in [0.25, 0.3) is 0 Å². The molecular weight excluding hydrogens is 250 g/mol. The van der Waals surface area contributed by atoms with E-state index in [2.05, 4.69) is 15.5 Å². The third-order valence-corrected chi connectivity index (χ3v) is 2.82. The van der Waals surface area contributed by atoms with Crippen molar-refractivity contribution in [3.63, 3.8) is 0 Å². The number of amides is 1. The lowest BCUT2D eigenvalue weighted by molar-refractivity contribution is -0.120. The maximum absolute atomic E-state index is 11.5. The second-order valence-electron chi connectivity index (χ2n) is 4.35. The molecule has 0 bridgehead atoms. The lowest BCUT2D eigenvalue weighted by Gasteiger charge is -2.10. The molecule has 0 radical (unpaired) electrons. The second kappa shape index (κ2) is 8.08. The maximum atomic E-state index is 11.5. The molecule has 1 rings (SSSR count). The Morgan fingerprint density at radius 3 is 2.72 bits per heavy atom. The number of carbonyl (C=O) groups is 1. The smallest absolute Gasteiger partial charge is 0.234 e. The van der Waals surface area contributed by atoms with Gasteiger partial charge in [-0.2, -0.15) is 0 Å². The van der Waals surface area contributed by atoms with Crippen LogP contribution >= 0.6 is 11.6 Å². The Morgan fingerprint density at radius 1 is 1.33 bits per heavy atom. The van der Waals surface area contributed by atoms with Gasteiger partial charge in [0.15, 0.2) is 0 Å². The Hall–Kier alpha value is -1.10. The molecule has 1 amide bonds. The Kier molecular flexibility index (Phi) is 6.72. The molecule has 0 aromatic heterocycles. The van der Waals surface area contributed by atoms with Crippen LogP contribution in [0.4, 0.5) is 0 Å². The van der Waals surface area contributed by atoms with Crippen molar-refractivity contribution in [3.05, 3.63) is 34.9 Å². The van der Waals surface area contributed by atoms with Crippen molar-refractivity contribution >= 4 is 17.5 Å². The standard InChI is InChI=1S/C13H20ClN3O/c1-17(2)8-7-15-10-13(18)16-9-11-5-3-4-6-12(11)14/h3-6,15H,7-10H2,1-2H3,(H,16,18). The number of hydrogen-bond donors (Lipinski definition) is 2. The van der Waals surface area contributed by atoms with Crippen LogP contribution in [0.1, 0.15) is 5.56 Å². The Morgan fingerprint density at radius 2 is 2.06 bits per heavy atom. The van der Waals surface area contributed by atoms with Crippen molar-refractivity contribution in [2.75, 3.05) is 33.7 Å². The van der Waals surface area contributed by atoms with Gasteiger partial charge in [0.05, 0.1) is 6.54 Å². The number of hydrogen-bond acceptors (Lipinski definition) is 3. The first-order valence-electron chi connectivity index (χ1n) is 5.95. The van der Waals surface area contributed by atoms with E-state index >= 15 is 0 Å². The molecule has 18 heavy (non-hydrogen) atoms. The molecule has 100 valence electrons. The minimum Gasteiger partial charge on any atom is -0.351 e. The fourth-order valence-corrected chi connectivity index (χ4v) is 1.61. The summed E-state index contributed by atoms with van der Waals surface area (Å²) < 4.78 is 0. The van der Waals surface area contributed by atoms with Gasteiger partial charge in [-0.3, -0.25) is 4.79 Å². The molecule has 5 heteroatoms. The van der Waals surface area contributed by atoms with Crippen LogP contribution in [0.2, 0.25) is 5.02 Å². The van der Waals surface area contributed by atoms with E-state index in [0.29, 0.717) is 18.1 Å². The van der Waals surface area contributed by atoms with Gasteiger partial charge in [-0.1, -0.05) is 29.8 Å². The molecule has 2 N–H and O–H groups in total. The van der Waals surface area contributed by atoms with Crippen LogP contribution in [0, 0.1) is 0 Å². The number of carbonyl (C=O) groups excluding carboxylic acids is 1. The molecular formula is C13H20ClN3O. The highest BCUT2D eigenvalue weighted by molar-refractivity contribution is 6.31. The van der Waals surface area contributed by atoms with Crippen LogP contribution < -0.4 is 10.6 Å². The Bertz CT molecular complexity index is 382. The summed E-state index contributed by atoms with van der Waals surface area (Å²) in [5.41, 5.74) is 0.931. The van der Waals surface area contributed by atoms with E-state index in [1.165, 1.54) is 0 Å². The Balaban J connectivity index is 2.19. The molecule has 0 saturated heterocycles. The van der Waals surface area contributed by atoms with E-state index in [0.717, 1.165) is 18.7 Å². The number of nitrogens with one attached hydrogen (secondary N) is 2. The highest BCUT2D eigenvalue weighted by Gasteiger charge is 2.03. The fourth-order valence-electron chi connectivity index (χ4n) is 1.40. The zero-order chi connectivity index (χ0) is 13.4. The van der Waals surface area contributed by atoms with Crippen molar-refractivity contribution < 1.29 is 4.79 Å². The van der Waals surface area contributed by atoms with Crippen LogP contribution in [-0.2, 0) is 11.3 Å². The van der Waals surface area contributed by atoms with Crippen LogP contribution in [0.3, 0.4) is 0 Å². The molecule has 1 aromatic carbocycles. The quantitative estimate of drug-likeness (QED) is 0.729. The van der Waals surface area contributed by atoms with Gasteiger partial charge in [0, 0.05) is 24.7 Å². The topological polar surface area (TPSA) is 44.4 Å². The summed E-state index contributed by atoms with van der Waals surface area (Å²) in [6, 6.07) is 7.50. The third kappa shape index (κ3) is 6.00. The first kappa shape index (κ1) is 15.0. The lowest BCUT2D eigenvalue weighted by Crippen LogP contribution is -2.36. The largest absolute Gasteiger partial charge is 0.351 e. The van der Waals surface area contributed by atoms with E-state index in [1.54, 1.807) is 0 Å². The molecule has 0 aliphatic carbocycles. The highest BCUT2D eigenvalue weighted by atomic mass is 35.5. The third-order valence-electron chi connectivity index (χ3n) is 2.46. The first-order chi connectivity index (χ1) is 8.59. The zero-order valence-corrected chi connectivity index (χ0v) is 11.6. The molecule has 4 nitrogen and oxygen atoms in total. The zero-order valence-electron chi connectivity index (χ0n) is 10.9. The Labute approximate surface area is 113 Å². The van der Waals surface area contributed by atoms with Gasteiger partial charge >= 0.3 is 0 Å². The van der Waals surface area contributed by atoms with E-state index in [9.17, 15) is 4.79 Å². The highest BCUT2D eigenvalue weighted by Crippen LogP contribution is 2.13. The summed E-state index contributed by atoms with van der Waals surface area (Å²) in [6.45, 7) is 2.51. The van der Waals surface area contributed by atoms with Gasteiger partial charge in [-0.05, 0) is 25.7 Å². The van der Waals surface area contributed by atoms with E-state index in [1.807, 2.05) is 38.4 Å². The molecule has 1 aromatic rings. The second-order valence-corrected chi connectivity index (χ2v) is 4.76. The number of rotatable bonds is 7. The van der Waals surface area contributed by atoms with Crippen LogP contribution in [0.15, 0.2) is 24.3 Å². The normalized spacial score (nSPS) is 10.7. The predicted molar refractivity (Wildman–Crippen MR) is 74.7 cm³/mol. The summed E-state index contributed by atoms with van der Waals surface area (Å²) in [5.74, 6) is -0.0197. The average Bonchev–Trinajstić information content (AvgIpc) is 2.33. The first-order valence-corrected chi connectivity index (χ1v) is 6.33. The molecule has 0 unspecified atom stereocenters. The van der Waals surface area contributed by atoms with Gasteiger partial charge in [-0.25, -0.2) is 0 Å². The minimum atomic E-state index is -0.0197. The van der Waals surface area contributed by atoms with Crippen LogP contribution in [-0.4, -0.2) is 44.5 Å². The monoisotopic (exact) mass is 269 g/mol. The van der Waals surface area contributed by atoms with Gasteiger partial charge < -0.3 is 15.5 Å². The predicted octanol–water partition coefficient (Wildman–Crippen LogP) is 1.11. The van der Waals surface area contributed by atoms with E-state index < -0.39 is 0 Å². The number of nitrogens with zero attached hydrogens (tertiary/aromatic N) is 1. The molecule has 0 aliphatic heterocycles. The fraction of sp³-hybridized carbons (Fsp3) is 0.462. The summed E-state index contributed by atoms with van der Waals surface area (Å²) in [6.07, 6.45) is 0. The summed E-state index contributed by atoms with van der Waals surface area (Å²) in [7, 11) is 4.00. The molecule has 0 aliphatic rings. The van der Waals surface area contributed by atoms with Crippen molar-refractivity contribution in [2.24, 2.45) is 0 Å². The average molecular weight is 270 g/mol. The molecule has 0 atom stereocenters. The van der Waals surface area contributed by atoms with E-state index in [-0.39, 0.29) is 5.91 Å². The molecule has 0 heterocycles. The van der Waals surface area contributed by atoms with Crippen LogP contribution in [0.5, 0.6) is 0 Å². The van der Waals surface area contributed by atoms with E-state index in [4.69, 9.17) is 11.6 Å². The summed E-state index contributed by atoms with van der Waals surface area (Å²) >= 11 is 6.00.